The molecule has 0 amide bonds. The lowest BCUT2D eigenvalue weighted by Crippen LogP contribution is -2.63. The van der Waals surface area contributed by atoms with E-state index in [9.17, 15) is 13.2 Å². The van der Waals surface area contributed by atoms with Gasteiger partial charge < -0.3 is 4.90 Å². The molecule has 5 nitrogen and oxygen atoms in total. The van der Waals surface area contributed by atoms with E-state index in [1.807, 2.05) is 37.3 Å². The maximum Gasteiger partial charge on any atom is 0.264 e. The summed E-state index contributed by atoms with van der Waals surface area (Å²) in [6, 6.07) is 9.40. The van der Waals surface area contributed by atoms with Crippen molar-refractivity contribution < 1.29 is 17.8 Å². The Labute approximate surface area is 168 Å². The molecule has 1 aromatic rings. The predicted octanol–water partition coefficient (Wildman–Crippen LogP) is 4.41. The van der Waals surface area contributed by atoms with Crippen molar-refractivity contribution in [1.82, 2.24) is 4.90 Å². The molecule has 0 spiro atoms. The summed E-state index contributed by atoms with van der Waals surface area (Å²) >= 11 is 1.60. The van der Waals surface area contributed by atoms with Crippen LogP contribution in [0.25, 0.3) is 0 Å². The van der Waals surface area contributed by atoms with E-state index in [0.717, 1.165) is 10.6 Å². The fourth-order valence-corrected chi connectivity index (χ4v) is 9.17. The Morgan fingerprint density at radius 3 is 2.30 bits per heavy atom. The summed E-state index contributed by atoms with van der Waals surface area (Å²) in [7, 11) is -6.01. The molecule has 1 atom stereocenters. The van der Waals surface area contributed by atoms with Gasteiger partial charge in [-0.25, -0.2) is 0 Å². The van der Waals surface area contributed by atoms with Crippen LogP contribution in [0.4, 0.5) is 0 Å². The highest BCUT2D eigenvalue weighted by Crippen LogP contribution is 2.53. The van der Waals surface area contributed by atoms with Gasteiger partial charge in [0.05, 0.1) is 13.8 Å². The third-order valence-electron chi connectivity index (χ3n) is 4.94. The number of thioether (sulfide) groups is 1. The summed E-state index contributed by atoms with van der Waals surface area (Å²) in [4.78, 5) is 17.0. The Balaban J connectivity index is 2.42. The number of carbonyl (C=O) groups is 1. The van der Waals surface area contributed by atoms with E-state index in [-0.39, 0.29) is 11.5 Å². The highest BCUT2D eigenvalue weighted by atomic mass is 32.2. The average Bonchev–Trinajstić information content (AvgIpc) is 2.87. The minimum Gasteiger partial charge on any atom is -0.356 e. The van der Waals surface area contributed by atoms with Gasteiger partial charge in [0.1, 0.15) is 4.49 Å². The van der Waals surface area contributed by atoms with E-state index in [1.54, 1.807) is 11.8 Å². The zero-order valence-electron chi connectivity index (χ0n) is 16.7. The normalized spacial score (nSPS) is 21.0. The lowest BCUT2D eigenvalue weighted by Gasteiger charge is -2.46. The lowest BCUT2D eigenvalue weighted by atomic mass is 10.1. The summed E-state index contributed by atoms with van der Waals surface area (Å²) in [6.45, 7) is 11.4. The van der Waals surface area contributed by atoms with Crippen LogP contribution in [0.3, 0.4) is 0 Å². The zero-order valence-corrected chi connectivity index (χ0v) is 19.3. The molecule has 150 valence electrons. The second-order valence-electron chi connectivity index (χ2n) is 7.83. The number of allylic oxidation sites excluding steroid dienone is 2. The fraction of sp³-hybridized carbons (Fsp3) is 0.526. The van der Waals surface area contributed by atoms with Crippen molar-refractivity contribution in [3.8, 4) is 0 Å². The van der Waals surface area contributed by atoms with E-state index < -0.39 is 22.7 Å². The molecule has 2 rings (SSSR count). The number of Topliss-reactive ketones (excluding diaryl/α,β-unsaturated/α-hetero) is 1. The van der Waals surface area contributed by atoms with Gasteiger partial charge in [-0.15, -0.1) is 0 Å². The van der Waals surface area contributed by atoms with E-state index in [2.05, 4.69) is 31.5 Å². The topological polar surface area (TPSA) is 74.7 Å². The van der Waals surface area contributed by atoms with E-state index in [1.165, 1.54) is 0 Å². The minimum absolute atomic E-state index is 0.123. The molecule has 0 aliphatic carbocycles. The van der Waals surface area contributed by atoms with Crippen molar-refractivity contribution >= 4 is 35.7 Å². The van der Waals surface area contributed by atoms with Gasteiger partial charge in [0.15, 0.2) is 5.78 Å². The van der Waals surface area contributed by atoms with E-state index in [4.69, 9.17) is 4.55 Å². The monoisotopic (exact) mass is 427 g/mol. The van der Waals surface area contributed by atoms with Crippen LogP contribution in [0.15, 0.2) is 40.9 Å². The molecule has 0 aromatic heterocycles. The van der Waals surface area contributed by atoms with Gasteiger partial charge in [0.2, 0.25) is 0 Å². The number of nitrogens with zero attached hydrogens (tertiary/aromatic N) is 1. The van der Waals surface area contributed by atoms with Gasteiger partial charge in [-0.3, -0.25) is 9.35 Å². The number of benzene rings is 1. The Morgan fingerprint density at radius 2 is 1.81 bits per heavy atom. The molecule has 1 unspecified atom stereocenters. The summed E-state index contributed by atoms with van der Waals surface area (Å²) in [5.74, 6) is -0.137. The lowest BCUT2D eigenvalue weighted by molar-refractivity contribution is 0.0896. The first-order chi connectivity index (χ1) is 12.4. The number of carbonyl (C=O) groups excluding carboxylic acids is 1. The van der Waals surface area contributed by atoms with Crippen molar-refractivity contribution in [2.45, 2.75) is 50.8 Å². The Bertz CT molecular complexity index is 831. The number of hydrogen-bond donors (Lipinski definition) is 1. The summed E-state index contributed by atoms with van der Waals surface area (Å²) in [5, 5.41) is 0. The molecule has 0 radical (unpaired) electrons. The summed E-state index contributed by atoms with van der Waals surface area (Å²) in [5.41, 5.74) is 1.75. The standard InChI is InChI=1S/C19H29NO4S2Si/c1-6-20-15(2)17(13-10-14-26(22,23)24)25-19(20,27(3,4)5)18(21)16-11-8-7-9-12-16/h7-9,11-12H,6,10,13-14H2,1-5H3,(H,22,23,24). The molecule has 1 aliphatic rings. The first-order valence-electron chi connectivity index (χ1n) is 9.15. The molecule has 0 saturated heterocycles. The summed E-state index contributed by atoms with van der Waals surface area (Å²) in [6.07, 6.45) is 0.887. The van der Waals surface area contributed by atoms with Crippen LogP contribution >= 0.6 is 11.8 Å². The third kappa shape index (κ3) is 4.50. The van der Waals surface area contributed by atoms with Crippen LogP contribution in [0.5, 0.6) is 0 Å². The Hall–Kier alpha value is -1.09. The average molecular weight is 428 g/mol. The molecule has 1 aromatic carbocycles. The van der Waals surface area contributed by atoms with Gasteiger partial charge in [-0.1, -0.05) is 61.7 Å². The van der Waals surface area contributed by atoms with Gasteiger partial charge >= 0.3 is 0 Å². The highest BCUT2D eigenvalue weighted by molar-refractivity contribution is 8.07. The first-order valence-corrected chi connectivity index (χ1v) is 15.1. The molecule has 1 heterocycles. The molecular formula is C19H29NO4S2Si. The maximum absolute atomic E-state index is 13.7. The number of likely N-dealkylation sites (N-methyl/N-ethyl adjacent to an activating group) is 1. The van der Waals surface area contributed by atoms with Crippen molar-refractivity contribution in [1.29, 1.82) is 0 Å². The maximum atomic E-state index is 13.7. The quantitative estimate of drug-likeness (QED) is 0.376. The first kappa shape index (κ1) is 22.2. The molecule has 0 saturated carbocycles. The molecule has 1 N–H and O–H groups in total. The van der Waals surface area contributed by atoms with Crippen molar-refractivity contribution in [2.75, 3.05) is 12.3 Å². The van der Waals surface area contributed by atoms with Crippen LogP contribution in [0.2, 0.25) is 19.6 Å². The molecule has 1 aliphatic heterocycles. The van der Waals surface area contributed by atoms with Crippen LogP contribution in [-0.4, -0.2) is 48.5 Å². The van der Waals surface area contributed by atoms with Crippen molar-refractivity contribution in [2.24, 2.45) is 0 Å². The Kier molecular flexibility index (Phi) is 6.66. The largest absolute Gasteiger partial charge is 0.356 e. The Morgan fingerprint density at radius 1 is 1.22 bits per heavy atom. The second kappa shape index (κ2) is 8.11. The zero-order chi connectivity index (χ0) is 20.5. The van der Waals surface area contributed by atoms with Gasteiger partial charge in [0.25, 0.3) is 10.1 Å². The molecular weight excluding hydrogens is 398 g/mol. The van der Waals surface area contributed by atoms with Crippen LogP contribution < -0.4 is 0 Å². The SMILES string of the molecule is CCN1C(C)=C(CCCS(=O)(=O)O)SC1(C(=O)c1ccccc1)[Si](C)(C)C. The number of hydrogen-bond acceptors (Lipinski definition) is 5. The van der Waals surface area contributed by atoms with Crippen LogP contribution in [0.1, 0.15) is 37.0 Å². The van der Waals surface area contributed by atoms with E-state index in [0.29, 0.717) is 24.9 Å². The molecule has 0 bridgehead atoms. The highest BCUT2D eigenvalue weighted by Gasteiger charge is 2.58. The molecule has 0 fully saturated rings. The predicted molar refractivity (Wildman–Crippen MR) is 115 cm³/mol. The fourth-order valence-electron chi connectivity index (χ4n) is 3.65. The van der Waals surface area contributed by atoms with E-state index >= 15 is 0 Å². The number of rotatable bonds is 8. The molecule has 27 heavy (non-hydrogen) atoms. The van der Waals surface area contributed by atoms with Crippen LogP contribution in [-0.2, 0) is 10.1 Å². The van der Waals surface area contributed by atoms with Crippen molar-refractivity contribution in [3.63, 3.8) is 0 Å². The minimum atomic E-state index is -3.97. The third-order valence-corrected chi connectivity index (χ3v) is 11.9. The van der Waals surface area contributed by atoms with Crippen LogP contribution in [0, 0.1) is 0 Å². The smallest absolute Gasteiger partial charge is 0.264 e. The van der Waals surface area contributed by atoms with Gasteiger partial charge in [-0.2, -0.15) is 8.42 Å². The van der Waals surface area contributed by atoms with Gasteiger partial charge in [0, 0.05) is 22.7 Å². The molecule has 8 heteroatoms. The second-order valence-corrected chi connectivity index (χ2v) is 16.3. The summed E-state index contributed by atoms with van der Waals surface area (Å²) < 4.78 is 30.5. The van der Waals surface area contributed by atoms with Gasteiger partial charge in [-0.05, 0) is 26.7 Å². The number of ketones is 1. The van der Waals surface area contributed by atoms with Crippen molar-refractivity contribution in [3.05, 3.63) is 46.5 Å².